The van der Waals surface area contributed by atoms with Gasteiger partial charge in [-0.15, -0.1) is 41.8 Å². The third-order valence-corrected chi connectivity index (χ3v) is 4.39. The fourth-order valence-corrected chi connectivity index (χ4v) is 0.943. The molecule has 0 saturated carbocycles. The molecule has 0 aliphatic carbocycles. The van der Waals surface area contributed by atoms with Gasteiger partial charge in [-0.3, -0.25) is 0 Å². The maximum absolute atomic E-state index is 11.3. The van der Waals surface area contributed by atoms with Crippen LogP contribution in [-0.4, -0.2) is 40.0 Å². The maximum Gasteiger partial charge on any atom is 1.00 e. The van der Waals surface area contributed by atoms with Gasteiger partial charge in [-0.2, -0.15) is 32.8 Å². The van der Waals surface area contributed by atoms with Crippen molar-refractivity contribution in [3.63, 3.8) is 0 Å². The molecule has 0 aromatic carbocycles. The first kappa shape index (κ1) is 161. The number of unbranched alkanes of at least 4 members (excludes halogenated alkanes) is 6. The molecule has 0 amide bonds. The zero-order chi connectivity index (χ0) is 69.1. The minimum Gasteiger partial charge on any atom is -0.870 e. The first-order valence-electron chi connectivity index (χ1n) is 27.8. The SMILES string of the molecule is C#CC.C#CC(C)(C)O.C/C(F)=C(/C)F.C/C=C\CC.CC.CC.CC.CC.CC#CC.CC(C)(C)[O-].CC(C)(C)[O-].CC(F)=C(F)F.CC=O.CCC=O.CCCC.CCCCC.CCCCC.FC(F)=C(F)F.[CH2-]CCC.[K+].[K+].[Li+].[Na+].[OH-]. The van der Waals surface area contributed by atoms with E-state index in [0.717, 1.165) is 39.3 Å². The van der Waals surface area contributed by atoms with Gasteiger partial charge in [-0.1, -0.05) is 235 Å². The fraction of sp³-hybridized carbons (Fsp3) is 0.738. The second-order valence-electron chi connectivity index (χ2n) is 15.4. The molecule has 0 aliphatic rings. The van der Waals surface area contributed by atoms with E-state index in [4.69, 9.17) is 16.3 Å². The summed E-state index contributed by atoms with van der Waals surface area (Å²) in [6.07, 6.45) is 22.0. The van der Waals surface area contributed by atoms with Gasteiger partial charge in [0.2, 0.25) is 0 Å². The summed E-state index contributed by atoms with van der Waals surface area (Å²) in [5, 5.41) is 28.8. The van der Waals surface area contributed by atoms with Crippen molar-refractivity contribution in [2.75, 3.05) is 0 Å². The van der Waals surface area contributed by atoms with E-state index in [2.05, 4.69) is 105 Å². The molecule has 0 atom stereocenters. The van der Waals surface area contributed by atoms with Crippen LogP contribution in [0.2, 0.25) is 0 Å². The van der Waals surface area contributed by atoms with Gasteiger partial charge in [-0.05, 0) is 75.7 Å². The van der Waals surface area contributed by atoms with Crippen LogP contribution in [0.4, 0.5) is 39.5 Å². The Bertz CT molecular complexity index is 1100. The van der Waals surface area contributed by atoms with Gasteiger partial charge >= 0.3 is 169 Å². The van der Waals surface area contributed by atoms with Crippen LogP contribution in [0.5, 0.6) is 0 Å². The summed E-state index contributed by atoms with van der Waals surface area (Å²) in [6, 6.07) is 0. The van der Waals surface area contributed by atoms with Crippen LogP contribution in [0.1, 0.15) is 306 Å². The van der Waals surface area contributed by atoms with Gasteiger partial charge in [0.1, 0.15) is 29.8 Å². The quantitative estimate of drug-likeness (QED) is 0.0643. The van der Waals surface area contributed by atoms with Crippen LogP contribution < -0.4 is 161 Å². The molecule has 0 radical (unpaired) electrons. The summed E-state index contributed by atoms with van der Waals surface area (Å²) in [6.45, 7) is 63.4. The molecule has 0 fully saturated rings. The molecule has 6 nitrogen and oxygen atoms in total. The second-order valence-corrected chi connectivity index (χ2v) is 15.4. The number of aliphatic hydroxyl groups is 1. The van der Waals surface area contributed by atoms with Gasteiger partial charge in [0, 0.05) is 6.42 Å². The number of terminal acetylenes is 2. The summed E-state index contributed by atoms with van der Waals surface area (Å²) in [7, 11) is 0. The standard InChI is InChI=1S/C5H8O.2C5H12.C5H10.C4H6F2.2C4H9O.C4H10.C4H9.C4H6.C3H3F3.C3H6O.C3H4.C2F4.C2H4O.4C2H6.2K.Li.Na.H2O/c1-4-5(2,3)6;3*1-3-5-4-2;1-3(5)4(2)6;2*1-4(2,3)5;3*1-3-4-2;1-2(4)3(5)6;1-2-3-4;1-3-2;3-1(4)2(5)6;1-2-3;4*1-2;;;;;/h1,6H,2-3H3;2*3-5H2,1-2H3;3,5H,4H2,1-2H3;1-2H3;2*1-3H3;3-4H2,1-2H3;1,3-4H2,2H3;1-2H3;1H3;3H,2H2,1H3;1H,2H3;;2H,1H3;4*1-2H3;;;;;1H2/q;;;;;2*-1;;-1;;;;;;;;;;;4*+1;/p-1/b;;;5-3-;4-3+;;;;;;;;;;;;;;;;;;;. The van der Waals surface area contributed by atoms with Gasteiger partial charge in [0.05, 0.1) is 0 Å². The Hall–Kier alpha value is 1.06. The molecule has 2 N–H and O–H groups in total. The van der Waals surface area contributed by atoms with Crippen molar-refractivity contribution in [1.82, 2.24) is 0 Å². The first-order chi connectivity index (χ1) is 36.2. The minimum absolute atomic E-state index is 0. The van der Waals surface area contributed by atoms with Crippen LogP contribution in [-0.2, 0) is 9.59 Å². The smallest absolute Gasteiger partial charge is 0.870 e. The van der Waals surface area contributed by atoms with Gasteiger partial charge < -0.3 is 37.3 Å². The predicted molar refractivity (Wildman–Crippen MR) is 338 cm³/mol. The Morgan fingerprint density at radius 1 is 0.512 bits per heavy atom. The summed E-state index contributed by atoms with van der Waals surface area (Å²) in [5.74, 6) is 6.88. The fourth-order valence-electron chi connectivity index (χ4n) is 0.943. The number of carbonyl (C=O) groups is 2. The van der Waals surface area contributed by atoms with Gasteiger partial charge in [0.15, 0.2) is 5.83 Å². The Morgan fingerprint density at radius 2 is 0.667 bits per heavy atom. The average Bonchev–Trinajstić information content (AvgIpc) is 3.37. The van der Waals surface area contributed by atoms with Crippen LogP contribution in [0.15, 0.2) is 47.9 Å². The van der Waals surface area contributed by atoms with E-state index in [1.54, 1.807) is 62.3 Å². The number of rotatable bonds is 8. The summed E-state index contributed by atoms with van der Waals surface area (Å²) >= 11 is 0. The summed E-state index contributed by atoms with van der Waals surface area (Å²) in [5.41, 5.74) is -2.43. The van der Waals surface area contributed by atoms with Crippen molar-refractivity contribution in [3.8, 4) is 36.5 Å². The molecule has 0 heterocycles. The van der Waals surface area contributed by atoms with Crippen molar-refractivity contribution in [1.29, 1.82) is 0 Å². The van der Waals surface area contributed by atoms with Crippen LogP contribution in [0.3, 0.4) is 0 Å². The number of hydrogen-bond acceptors (Lipinski definition) is 6. The number of hydrogen-bond donors (Lipinski definition) is 1. The van der Waals surface area contributed by atoms with E-state index < -0.39 is 52.5 Å². The van der Waals surface area contributed by atoms with Gasteiger partial charge in [-0.25, -0.2) is 13.2 Å². The number of halogens is 9. The number of aldehydes is 2. The zero-order valence-corrected chi connectivity index (χ0v) is 70.3. The van der Waals surface area contributed by atoms with Gasteiger partial charge in [0.25, 0.3) is 0 Å². The molecule has 0 aliphatic heterocycles. The van der Waals surface area contributed by atoms with Crippen LogP contribution in [0.25, 0.3) is 0 Å². The Labute approximate surface area is 639 Å². The maximum atomic E-state index is 11.3. The monoisotopic (exact) mass is 1290 g/mol. The van der Waals surface area contributed by atoms with Crippen molar-refractivity contribution < 1.29 is 221 Å². The minimum atomic E-state index is -2.91. The molecule has 0 spiro atoms. The van der Waals surface area contributed by atoms with E-state index in [1.807, 2.05) is 83.1 Å². The third kappa shape index (κ3) is 824. The van der Waals surface area contributed by atoms with E-state index in [-0.39, 0.29) is 157 Å². The normalized spacial score (nSPS) is 7.62. The van der Waals surface area contributed by atoms with Crippen LogP contribution >= 0.6 is 0 Å². The van der Waals surface area contributed by atoms with E-state index in [9.17, 15) is 54.5 Å². The topological polar surface area (TPSA) is 130 Å². The van der Waals surface area contributed by atoms with E-state index in [0.29, 0.717) is 13.3 Å². The van der Waals surface area contributed by atoms with Crippen molar-refractivity contribution in [2.24, 2.45) is 0 Å². The van der Waals surface area contributed by atoms with Crippen molar-refractivity contribution in [2.45, 2.75) is 322 Å². The molecular weight excluding hydrogens is 1160 g/mol. The largest absolute Gasteiger partial charge is 1.00 e. The summed E-state index contributed by atoms with van der Waals surface area (Å²) < 4.78 is 96.1. The molecule has 0 bridgehead atoms. The Kier molecular flexibility index (Phi) is 342. The first-order valence-corrected chi connectivity index (χ1v) is 27.8. The number of allylic oxidation sites excluding steroid dienone is 5. The zero-order valence-electron chi connectivity index (χ0n) is 62.1. The molecule has 0 aromatic heterocycles. The van der Waals surface area contributed by atoms with Crippen molar-refractivity contribution >= 4 is 12.6 Å². The number of carbonyl (C=O) groups excluding carboxylic acids is 2. The van der Waals surface area contributed by atoms with Crippen LogP contribution in [0, 0.1) is 43.5 Å². The molecule has 0 unspecified atom stereocenters. The molecule has 496 valence electrons. The second kappa shape index (κ2) is 178. The predicted octanol–water partition coefficient (Wildman–Crippen LogP) is 11.1. The Balaban J connectivity index is -0.0000000207. The third-order valence-electron chi connectivity index (χ3n) is 4.39. The molecular formula is C65H133F9K2LiNaO6. The molecule has 0 aromatic rings. The van der Waals surface area contributed by atoms with Crippen molar-refractivity contribution in [3.05, 3.63) is 54.8 Å². The molecule has 0 rings (SSSR count). The average molecular weight is 1290 g/mol. The molecule has 19 heteroatoms. The molecule has 84 heavy (non-hydrogen) atoms. The van der Waals surface area contributed by atoms with E-state index >= 15 is 0 Å². The summed E-state index contributed by atoms with van der Waals surface area (Å²) in [4.78, 5) is 18.0. The Morgan fingerprint density at radius 3 is 0.667 bits per heavy atom. The van der Waals surface area contributed by atoms with E-state index in [1.165, 1.54) is 64.7 Å². The molecule has 0 saturated heterocycles.